The average molecular weight is 384 g/mol. The van der Waals surface area contributed by atoms with E-state index in [1.54, 1.807) is 6.92 Å². The molecular formula is C19H29NO5S. The number of nitrogens with zero attached hydrogens (tertiary/aromatic N) is 1. The maximum absolute atomic E-state index is 11.6. The summed E-state index contributed by atoms with van der Waals surface area (Å²) < 4.78 is 37.3. The van der Waals surface area contributed by atoms with Gasteiger partial charge in [0.05, 0.1) is 12.4 Å². The number of rotatable bonds is 7. The predicted molar refractivity (Wildman–Crippen MR) is 102 cm³/mol. The van der Waals surface area contributed by atoms with E-state index >= 15 is 0 Å². The maximum Gasteiger partial charge on any atom is 0.305 e. The summed E-state index contributed by atoms with van der Waals surface area (Å²) in [7, 11) is -4.06. The first-order valence-corrected chi connectivity index (χ1v) is 10.6. The lowest BCUT2D eigenvalue weighted by Gasteiger charge is -2.48. The molecular weight excluding hydrogens is 354 g/mol. The van der Waals surface area contributed by atoms with Gasteiger partial charge < -0.3 is 9.64 Å². The van der Waals surface area contributed by atoms with E-state index in [0.29, 0.717) is 32.4 Å². The van der Waals surface area contributed by atoms with Crippen LogP contribution in [0, 0.1) is 6.92 Å². The Morgan fingerprint density at radius 3 is 2.69 bits per heavy atom. The van der Waals surface area contributed by atoms with E-state index in [0.717, 1.165) is 16.8 Å². The van der Waals surface area contributed by atoms with Crippen molar-refractivity contribution in [3.8, 4) is 0 Å². The minimum atomic E-state index is -4.06. The Balaban J connectivity index is 2.28. The number of carbonyl (C=O) groups is 1. The van der Waals surface area contributed by atoms with E-state index in [-0.39, 0.29) is 23.2 Å². The number of fused-ring (bicyclic) bond motifs is 1. The molecule has 0 radical (unpaired) electrons. The van der Waals surface area contributed by atoms with Gasteiger partial charge in [-0.25, -0.2) is 0 Å². The number of benzene rings is 1. The van der Waals surface area contributed by atoms with Gasteiger partial charge in [-0.05, 0) is 57.7 Å². The zero-order valence-corrected chi connectivity index (χ0v) is 16.8. The summed E-state index contributed by atoms with van der Waals surface area (Å²) >= 11 is 0. The molecule has 0 saturated carbocycles. The fourth-order valence-corrected chi connectivity index (χ4v) is 4.63. The number of ether oxygens (including phenoxy) is 1. The smallest absolute Gasteiger partial charge is 0.305 e. The summed E-state index contributed by atoms with van der Waals surface area (Å²) in [5, 5.41) is 0. The molecule has 2 rings (SSSR count). The third-order valence-corrected chi connectivity index (χ3v) is 5.70. The molecule has 1 N–H and O–H groups in total. The Kier molecular flexibility index (Phi) is 6.34. The molecule has 1 atom stereocenters. The SMILES string of the molecule is CCOC(=O)CCCN1c2cc(C)ccc2C(CS(=O)(=O)O)CC1(C)C. The Morgan fingerprint density at radius 1 is 1.38 bits per heavy atom. The molecule has 1 heterocycles. The fourth-order valence-electron chi connectivity index (χ4n) is 3.82. The number of hydrogen-bond donors (Lipinski definition) is 1. The quantitative estimate of drug-likeness (QED) is 0.574. The number of hydrogen-bond acceptors (Lipinski definition) is 5. The van der Waals surface area contributed by atoms with Gasteiger partial charge in [0.2, 0.25) is 0 Å². The van der Waals surface area contributed by atoms with Crippen molar-refractivity contribution in [1.82, 2.24) is 0 Å². The monoisotopic (exact) mass is 383 g/mol. The lowest BCUT2D eigenvalue weighted by atomic mass is 9.79. The molecule has 1 aromatic carbocycles. The van der Waals surface area contributed by atoms with E-state index in [2.05, 4.69) is 24.8 Å². The lowest BCUT2D eigenvalue weighted by Crippen LogP contribution is -2.50. The third-order valence-electron chi connectivity index (χ3n) is 4.87. The van der Waals surface area contributed by atoms with Crippen molar-refractivity contribution in [1.29, 1.82) is 0 Å². The Morgan fingerprint density at radius 2 is 2.08 bits per heavy atom. The zero-order valence-electron chi connectivity index (χ0n) is 16.0. The molecule has 1 aliphatic heterocycles. The van der Waals surface area contributed by atoms with E-state index in [4.69, 9.17) is 4.74 Å². The molecule has 146 valence electrons. The molecule has 1 aromatic rings. The normalized spacial score (nSPS) is 19.1. The predicted octanol–water partition coefficient (Wildman–Crippen LogP) is 3.30. The Bertz CT molecular complexity index is 757. The molecule has 6 nitrogen and oxygen atoms in total. The van der Waals surface area contributed by atoms with Gasteiger partial charge in [0.1, 0.15) is 0 Å². The lowest BCUT2D eigenvalue weighted by molar-refractivity contribution is -0.143. The van der Waals surface area contributed by atoms with Gasteiger partial charge in [0.15, 0.2) is 0 Å². The molecule has 0 aromatic heterocycles. The minimum Gasteiger partial charge on any atom is -0.466 e. The highest BCUT2D eigenvalue weighted by molar-refractivity contribution is 7.85. The number of aryl methyl sites for hydroxylation is 1. The van der Waals surface area contributed by atoms with Crippen molar-refractivity contribution >= 4 is 21.8 Å². The zero-order chi connectivity index (χ0) is 19.5. The van der Waals surface area contributed by atoms with Crippen molar-refractivity contribution in [2.24, 2.45) is 0 Å². The summed E-state index contributed by atoms with van der Waals surface area (Å²) in [6.07, 6.45) is 1.64. The maximum atomic E-state index is 11.6. The average Bonchev–Trinajstić information content (AvgIpc) is 2.48. The van der Waals surface area contributed by atoms with Gasteiger partial charge in [0, 0.05) is 30.1 Å². The fraction of sp³-hybridized carbons (Fsp3) is 0.632. The molecule has 1 unspecified atom stereocenters. The van der Waals surface area contributed by atoms with Crippen molar-refractivity contribution < 1.29 is 22.5 Å². The summed E-state index contributed by atoms with van der Waals surface area (Å²) in [5.74, 6) is -0.726. The molecule has 26 heavy (non-hydrogen) atoms. The van der Waals surface area contributed by atoms with Gasteiger partial charge in [-0.2, -0.15) is 8.42 Å². The van der Waals surface area contributed by atoms with Crippen molar-refractivity contribution in [2.45, 2.75) is 58.4 Å². The summed E-state index contributed by atoms with van der Waals surface area (Å²) in [4.78, 5) is 13.9. The van der Waals surface area contributed by atoms with Crippen LogP contribution in [0.2, 0.25) is 0 Å². The standard InChI is InChI=1S/C19H29NO5S/c1-5-25-18(21)7-6-10-20-17-11-14(2)8-9-16(17)15(12-19(20,3)4)13-26(22,23)24/h8-9,11,15H,5-7,10,12-13H2,1-4H3,(H,22,23,24). The van der Waals surface area contributed by atoms with Gasteiger partial charge in [-0.15, -0.1) is 0 Å². The first-order valence-electron chi connectivity index (χ1n) is 9.02. The molecule has 1 aliphatic rings. The molecule has 0 saturated heterocycles. The van der Waals surface area contributed by atoms with Crippen LogP contribution in [0.25, 0.3) is 0 Å². The van der Waals surface area contributed by atoms with Gasteiger partial charge in [0.25, 0.3) is 10.1 Å². The minimum absolute atomic E-state index is 0.198. The number of esters is 1. The van der Waals surface area contributed by atoms with E-state index in [1.165, 1.54) is 0 Å². The molecule has 7 heteroatoms. The third kappa shape index (κ3) is 5.20. The molecule has 0 fully saturated rings. The van der Waals surface area contributed by atoms with Crippen LogP contribution in [-0.4, -0.2) is 43.4 Å². The molecule has 0 spiro atoms. The van der Waals surface area contributed by atoms with Gasteiger partial charge in [-0.3, -0.25) is 9.35 Å². The molecule has 0 aliphatic carbocycles. The van der Waals surface area contributed by atoms with E-state index < -0.39 is 10.1 Å². The number of carbonyl (C=O) groups excluding carboxylic acids is 1. The highest BCUT2D eigenvalue weighted by Crippen LogP contribution is 2.44. The van der Waals surface area contributed by atoms with Crippen molar-refractivity contribution in [2.75, 3.05) is 23.8 Å². The topological polar surface area (TPSA) is 83.9 Å². The first-order chi connectivity index (χ1) is 12.0. The van der Waals surface area contributed by atoms with Crippen LogP contribution in [-0.2, 0) is 19.6 Å². The van der Waals surface area contributed by atoms with Crippen molar-refractivity contribution in [3.63, 3.8) is 0 Å². The van der Waals surface area contributed by atoms with Gasteiger partial charge in [-0.1, -0.05) is 12.1 Å². The van der Waals surface area contributed by atoms with Crippen LogP contribution in [0.1, 0.15) is 57.1 Å². The summed E-state index contributed by atoms with van der Waals surface area (Å²) in [5.41, 5.74) is 2.72. The highest BCUT2D eigenvalue weighted by Gasteiger charge is 2.39. The molecule has 0 amide bonds. The Labute approximate surface area is 156 Å². The van der Waals surface area contributed by atoms with Crippen LogP contribution >= 0.6 is 0 Å². The van der Waals surface area contributed by atoms with Crippen LogP contribution in [0.5, 0.6) is 0 Å². The summed E-state index contributed by atoms with van der Waals surface area (Å²) in [6, 6.07) is 5.97. The Hall–Kier alpha value is -1.60. The van der Waals surface area contributed by atoms with Crippen LogP contribution in [0.4, 0.5) is 5.69 Å². The second-order valence-corrected chi connectivity index (χ2v) is 9.08. The van der Waals surface area contributed by atoms with Crippen LogP contribution in [0.15, 0.2) is 18.2 Å². The van der Waals surface area contributed by atoms with Gasteiger partial charge >= 0.3 is 5.97 Å². The first kappa shape index (κ1) is 20.7. The van der Waals surface area contributed by atoms with Crippen LogP contribution in [0.3, 0.4) is 0 Å². The molecule has 0 bridgehead atoms. The second-order valence-electron chi connectivity index (χ2n) is 7.58. The number of anilines is 1. The highest BCUT2D eigenvalue weighted by atomic mass is 32.2. The van der Waals surface area contributed by atoms with E-state index in [1.807, 2.05) is 19.1 Å². The van der Waals surface area contributed by atoms with Crippen LogP contribution < -0.4 is 4.90 Å². The second kappa shape index (κ2) is 7.96. The summed E-state index contributed by atoms with van der Waals surface area (Å²) in [6.45, 7) is 8.99. The van der Waals surface area contributed by atoms with Crippen molar-refractivity contribution in [3.05, 3.63) is 29.3 Å². The largest absolute Gasteiger partial charge is 0.466 e. The van der Waals surface area contributed by atoms with E-state index in [9.17, 15) is 17.8 Å².